The molecule has 1 unspecified atom stereocenters. The summed E-state index contributed by atoms with van der Waals surface area (Å²) in [5.41, 5.74) is 0.0520. The highest BCUT2D eigenvalue weighted by Crippen LogP contribution is 2.45. The third-order valence-electron chi connectivity index (χ3n) is 4.80. The minimum atomic E-state index is -0.525. The molecule has 0 radical (unpaired) electrons. The van der Waals surface area contributed by atoms with Crippen LogP contribution >= 0.6 is 0 Å². The standard InChI is InChI=1S/C17H31NO4/c1-7-21-14(19)11-15(20)22-13(2)17(18(5)6)10-8-9-16(3,4)12-17/h13H,7-12H2,1-6H3/t13-,17?/m0/s1. The zero-order valence-corrected chi connectivity index (χ0v) is 14.9. The van der Waals surface area contributed by atoms with E-state index < -0.39 is 11.9 Å². The number of carbonyl (C=O) groups is 2. The fraction of sp³-hybridized carbons (Fsp3) is 0.882. The van der Waals surface area contributed by atoms with Crippen LogP contribution in [-0.2, 0) is 19.1 Å². The van der Waals surface area contributed by atoms with Gasteiger partial charge < -0.3 is 14.4 Å². The summed E-state index contributed by atoms with van der Waals surface area (Å²) in [4.78, 5) is 25.5. The van der Waals surface area contributed by atoms with Gasteiger partial charge in [-0.1, -0.05) is 20.3 Å². The Labute approximate surface area is 134 Å². The van der Waals surface area contributed by atoms with Crippen molar-refractivity contribution in [1.82, 2.24) is 4.90 Å². The van der Waals surface area contributed by atoms with E-state index >= 15 is 0 Å². The number of hydrogen-bond acceptors (Lipinski definition) is 5. The number of esters is 2. The van der Waals surface area contributed by atoms with Crippen LogP contribution < -0.4 is 0 Å². The molecule has 0 amide bonds. The highest BCUT2D eigenvalue weighted by atomic mass is 16.6. The van der Waals surface area contributed by atoms with Crippen LogP contribution in [0.5, 0.6) is 0 Å². The normalized spacial score (nSPS) is 25.6. The van der Waals surface area contributed by atoms with Crippen molar-refractivity contribution in [2.24, 2.45) is 5.41 Å². The second-order valence-corrected chi connectivity index (χ2v) is 7.31. The van der Waals surface area contributed by atoms with Crippen LogP contribution in [0.4, 0.5) is 0 Å². The summed E-state index contributed by atoms with van der Waals surface area (Å²) in [7, 11) is 4.08. The van der Waals surface area contributed by atoms with Gasteiger partial charge in [0.05, 0.1) is 12.1 Å². The lowest BCUT2D eigenvalue weighted by molar-refractivity contribution is -0.165. The predicted octanol–water partition coefficient (Wildman–Crippen LogP) is 2.77. The molecule has 1 saturated carbocycles. The average molecular weight is 313 g/mol. The fourth-order valence-electron chi connectivity index (χ4n) is 3.65. The lowest BCUT2D eigenvalue weighted by Gasteiger charge is -2.51. The van der Waals surface area contributed by atoms with Crippen molar-refractivity contribution in [3.05, 3.63) is 0 Å². The van der Waals surface area contributed by atoms with Crippen molar-refractivity contribution >= 4 is 11.9 Å². The topological polar surface area (TPSA) is 55.8 Å². The largest absolute Gasteiger partial charge is 0.466 e. The van der Waals surface area contributed by atoms with E-state index in [0.717, 1.165) is 19.3 Å². The minimum absolute atomic E-state index is 0.175. The van der Waals surface area contributed by atoms with Crippen molar-refractivity contribution in [3.63, 3.8) is 0 Å². The molecule has 0 aliphatic heterocycles. The fourth-order valence-corrected chi connectivity index (χ4v) is 3.65. The quantitative estimate of drug-likeness (QED) is 0.557. The van der Waals surface area contributed by atoms with Gasteiger partial charge >= 0.3 is 11.9 Å². The number of hydrogen-bond donors (Lipinski definition) is 0. The molecule has 0 spiro atoms. The Bertz CT molecular complexity index is 405. The highest BCUT2D eigenvalue weighted by Gasteiger charge is 2.47. The van der Waals surface area contributed by atoms with Gasteiger partial charge in [0.25, 0.3) is 0 Å². The predicted molar refractivity (Wildman–Crippen MR) is 85.5 cm³/mol. The van der Waals surface area contributed by atoms with Crippen LogP contribution in [0.1, 0.15) is 59.8 Å². The zero-order valence-electron chi connectivity index (χ0n) is 14.9. The SMILES string of the molecule is CCOC(=O)CC(=O)O[C@@H](C)C1(N(C)C)CCCC(C)(C)C1. The van der Waals surface area contributed by atoms with E-state index in [1.54, 1.807) is 6.92 Å². The molecular weight excluding hydrogens is 282 g/mol. The van der Waals surface area contributed by atoms with Gasteiger partial charge in [0.15, 0.2) is 0 Å². The second kappa shape index (κ2) is 7.44. The van der Waals surface area contributed by atoms with Crippen LogP contribution in [0, 0.1) is 5.41 Å². The summed E-state index contributed by atoms with van der Waals surface area (Å²) in [6, 6.07) is 0. The lowest BCUT2D eigenvalue weighted by Crippen LogP contribution is -2.57. The van der Waals surface area contributed by atoms with Gasteiger partial charge in [0.1, 0.15) is 12.5 Å². The molecule has 5 nitrogen and oxygen atoms in total. The maximum atomic E-state index is 12.0. The van der Waals surface area contributed by atoms with Gasteiger partial charge in [-0.25, -0.2) is 0 Å². The maximum absolute atomic E-state index is 12.0. The molecule has 0 aromatic carbocycles. The molecule has 1 fully saturated rings. The molecule has 2 atom stereocenters. The first-order valence-electron chi connectivity index (χ1n) is 8.15. The van der Waals surface area contributed by atoms with Gasteiger partial charge in [0.2, 0.25) is 0 Å². The van der Waals surface area contributed by atoms with Crippen LogP contribution in [0.2, 0.25) is 0 Å². The van der Waals surface area contributed by atoms with Gasteiger partial charge in [0, 0.05) is 0 Å². The number of likely N-dealkylation sites (N-methyl/N-ethyl adjacent to an activating group) is 1. The lowest BCUT2D eigenvalue weighted by atomic mass is 9.65. The van der Waals surface area contributed by atoms with Crippen LogP contribution in [0.3, 0.4) is 0 Å². The van der Waals surface area contributed by atoms with Gasteiger partial charge in [-0.3, -0.25) is 9.59 Å². The zero-order chi connectivity index (χ0) is 17.0. The molecule has 1 aliphatic carbocycles. The Balaban J connectivity index is 2.76. The highest BCUT2D eigenvalue weighted by molar-refractivity contribution is 5.91. The third kappa shape index (κ3) is 4.70. The first-order chi connectivity index (χ1) is 10.1. The van der Waals surface area contributed by atoms with Crippen molar-refractivity contribution in [1.29, 1.82) is 0 Å². The molecule has 0 saturated heterocycles. The summed E-state index contributed by atoms with van der Waals surface area (Å²) in [5.74, 6) is -1.03. The first kappa shape index (κ1) is 18.9. The van der Waals surface area contributed by atoms with Crippen LogP contribution in [-0.4, -0.2) is 49.2 Å². The molecule has 0 heterocycles. The smallest absolute Gasteiger partial charge is 0.317 e. The van der Waals surface area contributed by atoms with Gasteiger partial charge in [-0.15, -0.1) is 0 Å². The van der Waals surface area contributed by atoms with E-state index in [2.05, 4.69) is 18.7 Å². The van der Waals surface area contributed by atoms with Crippen molar-refractivity contribution in [2.45, 2.75) is 71.4 Å². The molecule has 0 N–H and O–H groups in total. The molecule has 0 aromatic rings. The summed E-state index contributed by atoms with van der Waals surface area (Å²) in [6.07, 6.45) is 3.70. The van der Waals surface area contributed by atoms with Crippen molar-refractivity contribution in [3.8, 4) is 0 Å². The summed E-state index contributed by atoms with van der Waals surface area (Å²) < 4.78 is 10.4. The summed E-state index contributed by atoms with van der Waals surface area (Å²) in [5, 5.41) is 0. The minimum Gasteiger partial charge on any atom is -0.466 e. The third-order valence-corrected chi connectivity index (χ3v) is 4.80. The Kier molecular flexibility index (Phi) is 6.41. The number of carbonyl (C=O) groups excluding carboxylic acids is 2. The molecule has 0 bridgehead atoms. The second-order valence-electron chi connectivity index (χ2n) is 7.31. The van der Waals surface area contributed by atoms with E-state index in [-0.39, 0.29) is 30.1 Å². The average Bonchev–Trinajstić information content (AvgIpc) is 2.36. The van der Waals surface area contributed by atoms with Crippen molar-refractivity contribution < 1.29 is 19.1 Å². The summed E-state index contributed by atoms with van der Waals surface area (Å²) >= 11 is 0. The Morgan fingerprint density at radius 1 is 1.18 bits per heavy atom. The number of ether oxygens (including phenoxy) is 2. The molecule has 128 valence electrons. The molecule has 5 heteroatoms. The maximum Gasteiger partial charge on any atom is 0.317 e. The van der Waals surface area contributed by atoms with Gasteiger partial charge in [-0.05, 0) is 52.6 Å². The van der Waals surface area contributed by atoms with Crippen LogP contribution in [0.15, 0.2) is 0 Å². The number of rotatable bonds is 6. The monoisotopic (exact) mass is 313 g/mol. The molecule has 1 rings (SSSR count). The summed E-state index contributed by atoms with van der Waals surface area (Å²) in [6.45, 7) is 8.45. The number of nitrogens with zero attached hydrogens (tertiary/aromatic N) is 1. The van der Waals surface area contributed by atoms with E-state index in [0.29, 0.717) is 0 Å². The Hall–Kier alpha value is -1.10. The molecule has 0 aromatic heterocycles. The van der Waals surface area contributed by atoms with Crippen LogP contribution in [0.25, 0.3) is 0 Å². The van der Waals surface area contributed by atoms with Crippen molar-refractivity contribution in [2.75, 3.05) is 20.7 Å². The first-order valence-corrected chi connectivity index (χ1v) is 8.15. The Morgan fingerprint density at radius 3 is 2.32 bits per heavy atom. The van der Waals surface area contributed by atoms with E-state index in [4.69, 9.17) is 9.47 Å². The van der Waals surface area contributed by atoms with E-state index in [1.165, 1.54) is 6.42 Å². The van der Waals surface area contributed by atoms with E-state index in [1.807, 2.05) is 21.0 Å². The molecule has 22 heavy (non-hydrogen) atoms. The molecular formula is C17H31NO4. The van der Waals surface area contributed by atoms with Gasteiger partial charge in [-0.2, -0.15) is 0 Å². The van der Waals surface area contributed by atoms with E-state index in [9.17, 15) is 9.59 Å². The Morgan fingerprint density at radius 2 is 1.82 bits per heavy atom. The molecule has 1 aliphatic rings.